The molecule has 2 saturated carbocycles. The quantitative estimate of drug-likeness (QED) is 0.746. The predicted octanol–water partition coefficient (Wildman–Crippen LogP) is 5.08. The molecule has 0 unspecified atom stereocenters. The normalized spacial score (nSPS) is 20.3. The number of benzene rings is 2. The van der Waals surface area contributed by atoms with Gasteiger partial charge in [0.2, 0.25) is 10.0 Å². The third-order valence-electron chi connectivity index (χ3n) is 6.34. The van der Waals surface area contributed by atoms with Crippen molar-refractivity contribution < 1.29 is 8.42 Å². The molecule has 0 radical (unpaired) electrons. The number of nitrogens with two attached hydrogens (primary N) is 1. The summed E-state index contributed by atoms with van der Waals surface area (Å²) in [5, 5.41) is 1.57. The van der Waals surface area contributed by atoms with Crippen LogP contribution in [-0.4, -0.2) is 24.8 Å². The molecule has 2 aromatic rings. The Labute approximate surface area is 162 Å². The average molecular weight is 387 g/mol. The average Bonchev–Trinajstić information content (AvgIpc) is 2.69. The van der Waals surface area contributed by atoms with Crippen LogP contribution in [0.4, 0.5) is 5.69 Å². The fraction of sp³-hybridized carbons (Fsp3) is 0.545. The summed E-state index contributed by atoms with van der Waals surface area (Å²) in [7, 11) is -3.57. The molecular weight excluding hydrogens is 356 g/mol. The van der Waals surface area contributed by atoms with Crippen molar-refractivity contribution in [2.24, 2.45) is 0 Å². The number of nitrogens with zero attached hydrogens (tertiary/aromatic N) is 1. The van der Waals surface area contributed by atoms with Gasteiger partial charge in [0.25, 0.3) is 0 Å². The summed E-state index contributed by atoms with van der Waals surface area (Å²) in [4.78, 5) is 0.420. The van der Waals surface area contributed by atoms with Gasteiger partial charge in [-0.25, -0.2) is 8.42 Å². The highest BCUT2D eigenvalue weighted by atomic mass is 32.2. The van der Waals surface area contributed by atoms with Gasteiger partial charge in [0.05, 0.1) is 4.90 Å². The lowest BCUT2D eigenvalue weighted by molar-refractivity contribution is 0.170. The lowest BCUT2D eigenvalue weighted by Crippen LogP contribution is -2.48. The van der Waals surface area contributed by atoms with Gasteiger partial charge in [-0.1, -0.05) is 62.8 Å². The molecule has 2 N–H and O–H groups in total. The Hall–Kier alpha value is -1.59. The summed E-state index contributed by atoms with van der Waals surface area (Å²) in [6.07, 6.45) is 10.9. The summed E-state index contributed by atoms with van der Waals surface area (Å²) in [6, 6.07) is 11.3. The van der Waals surface area contributed by atoms with Crippen LogP contribution >= 0.6 is 0 Å². The first-order valence-electron chi connectivity index (χ1n) is 10.4. The molecule has 2 aliphatic rings. The number of fused-ring (bicyclic) bond motifs is 1. The van der Waals surface area contributed by atoms with E-state index in [-0.39, 0.29) is 12.1 Å². The van der Waals surface area contributed by atoms with Gasteiger partial charge in [0, 0.05) is 28.5 Å². The van der Waals surface area contributed by atoms with E-state index in [2.05, 4.69) is 0 Å². The highest BCUT2D eigenvalue weighted by molar-refractivity contribution is 7.89. The zero-order chi connectivity index (χ0) is 18.9. The van der Waals surface area contributed by atoms with E-state index in [1.165, 1.54) is 12.8 Å². The maximum absolute atomic E-state index is 13.9. The van der Waals surface area contributed by atoms with Gasteiger partial charge >= 0.3 is 0 Å². The predicted molar refractivity (Wildman–Crippen MR) is 111 cm³/mol. The number of hydrogen-bond donors (Lipinski definition) is 1. The molecule has 2 aliphatic carbocycles. The minimum atomic E-state index is -3.57. The first-order valence-corrected chi connectivity index (χ1v) is 11.8. The van der Waals surface area contributed by atoms with Gasteiger partial charge in [-0.2, -0.15) is 4.31 Å². The molecule has 5 heteroatoms. The second-order valence-corrected chi connectivity index (χ2v) is 9.93. The van der Waals surface area contributed by atoms with Crippen molar-refractivity contribution in [2.45, 2.75) is 81.2 Å². The maximum Gasteiger partial charge on any atom is 0.244 e. The van der Waals surface area contributed by atoms with Crippen LogP contribution in [0.2, 0.25) is 0 Å². The van der Waals surface area contributed by atoms with E-state index in [0.717, 1.165) is 62.1 Å². The first-order chi connectivity index (χ1) is 13.1. The number of nitrogen functional groups attached to an aromatic ring is 1. The highest BCUT2D eigenvalue weighted by Crippen LogP contribution is 2.37. The van der Waals surface area contributed by atoms with E-state index in [1.807, 2.05) is 34.6 Å². The summed E-state index contributed by atoms with van der Waals surface area (Å²) in [6.45, 7) is 0. The van der Waals surface area contributed by atoms with Crippen LogP contribution in [0.25, 0.3) is 10.8 Å². The molecule has 4 nitrogen and oxygen atoms in total. The van der Waals surface area contributed by atoms with Crippen molar-refractivity contribution in [3.05, 3.63) is 36.4 Å². The SMILES string of the molecule is Nc1cccc2c(S(=O)(=O)N(C3CCCCC3)C3CCCCC3)cccc12. The Balaban J connectivity index is 1.82. The molecule has 27 heavy (non-hydrogen) atoms. The van der Waals surface area contributed by atoms with Gasteiger partial charge < -0.3 is 5.73 Å². The van der Waals surface area contributed by atoms with Crippen molar-refractivity contribution in [1.29, 1.82) is 0 Å². The van der Waals surface area contributed by atoms with Crippen molar-refractivity contribution in [3.63, 3.8) is 0 Å². The number of rotatable bonds is 4. The largest absolute Gasteiger partial charge is 0.398 e. The second kappa shape index (κ2) is 7.80. The number of hydrogen-bond acceptors (Lipinski definition) is 3. The molecule has 2 fully saturated rings. The van der Waals surface area contributed by atoms with Gasteiger partial charge in [-0.05, 0) is 37.8 Å². The Bertz CT molecular complexity index is 880. The van der Waals surface area contributed by atoms with Gasteiger partial charge in [0.15, 0.2) is 0 Å². The topological polar surface area (TPSA) is 63.4 Å². The number of sulfonamides is 1. The number of anilines is 1. The summed E-state index contributed by atoms with van der Waals surface area (Å²) < 4.78 is 29.8. The third-order valence-corrected chi connectivity index (χ3v) is 8.40. The van der Waals surface area contributed by atoms with Crippen LogP contribution in [0.3, 0.4) is 0 Å². The molecule has 0 amide bonds. The fourth-order valence-corrected chi connectivity index (χ4v) is 7.15. The van der Waals surface area contributed by atoms with E-state index >= 15 is 0 Å². The van der Waals surface area contributed by atoms with Crippen molar-refractivity contribution in [2.75, 3.05) is 5.73 Å². The summed E-state index contributed by atoms with van der Waals surface area (Å²) in [5.41, 5.74) is 6.75. The van der Waals surface area contributed by atoms with Crippen molar-refractivity contribution in [1.82, 2.24) is 4.31 Å². The third kappa shape index (κ3) is 3.59. The monoisotopic (exact) mass is 386 g/mol. The van der Waals surface area contributed by atoms with Crippen molar-refractivity contribution in [3.8, 4) is 0 Å². The fourth-order valence-electron chi connectivity index (χ4n) is 5.01. The summed E-state index contributed by atoms with van der Waals surface area (Å²) in [5.74, 6) is 0. The first kappa shape index (κ1) is 18.8. The van der Waals surface area contributed by atoms with Crippen LogP contribution in [0.15, 0.2) is 41.3 Å². The minimum Gasteiger partial charge on any atom is -0.398 e. The lowest BCUT2D eigenvalue weighted by Gasteiger charge is -2.40. The Morgan fingerprint density at radius 1 is 0.741 bits per heavy atom. The van der Waals surface area contributed by atoms with Crippen LogP contribution in [0.1, 0.15) is 64.2 Å². The lowest BCUT2D eigenvalue weighted by atomic mass is 9.91. The zero-order valence-electron chi connectivity index (χ0n) is 15.9. The molecule has 0 saturated heterocycles. The summed E-state index contributed by atoms with van der Waals surface area (Å²) >= 11 is 0. The molecule has 4 rings (SSSR count). The molecule has 0 aliphatic heterocycles. The second-order valence-electron chi connectivity index (χ2n) is 8.12. The zero-order valence-corrected chi connectivity index (χ0v) is 16.8. The van der Waals surface area contributed by atoms with Gasteiger partial charge in [-0.15, -0.1) is 0 Å². The molecule has 0 bridgehead atoms. The molecule has 0 heterocycles. The molecule has 0 atom stereocenters. The molecular formula is C22H30N2O2S. The minimum absolute atomic E-state index is 0.142. The van der Waals surface area contributed by atoms with E-state index in [1.54, 1.807) is 6.07 Å². The Kier molecular flexibility index (Phi) is 5.42. The van der Waals surface area contributed by atoms with Crippen LogP contribution in [-0.2, 0) is 10.0 Å². The van der Waals surface area contributed by atoms with Crippen molar-refractivity contribution >= 4 is 26.5 Å². The van der Waals surface area contributed by atoms with Gasteiger partial charge in [0.1, 0.15) is 0 Å². The van der Waals surface area contributed by atoms with E-state index in [9.17, 15) is 8.42 Å². The van der Waals surface area contributed by atoms with E-state index in [0.29, 0.717) is 10.6 Å². The van der Waals surface area contributed by atoms with Crippen LogP contribution < -0.4 is 5.73 Å². The molecule has 146 valence electrons. The molecule has 2 aromatic carbocycles. The highest BCUT2D eigenvalue weighted by Gasteiger charge is 2.38. The standard InChI is InChI=1S/C22H30N2O2S/c23-21-15-7-14-20-19(21)13-8-16-22(20)27(25,26)24(17-9-3-1-4-10-17)18-11-5-2-6-12-18/h7-8,13-18H,1-6,9-12,23H2. The molecule has 0 aromatic heterocycles. The smallest absolute Gasteiger partial charge is 0.244 e. The van der Waals surface area contributed by atoms with Crippen LogP contribution in [0, 0.1) is 0 Å². The van der Waals surface area contributed by atoms with Gasteiger partial charge in [-0.3, -0.25) is 0 Å². The van der Waals surface area contributed by atoms with E-state index in [4.69, 9.17) is 5.73 Å². The van der Waals surface area contributed by atoms with E-state index < -0.39 is 10.0 Å². The Morgan fingerprint density at radius 3 is 1.85 bits per heavy atom. The van der Waals surface area contributed by atoms with Crippen LogP contribution in [0.5, 0.6) is 0 Å². The molecule has 0 spiro atoms. The Morgan fingerprint density at radius 2 is 1.26 bits per heavy atom. The maximum atomic E-state index is 13.9.